The number of benzene rings is 2. The third-order valence-corrected chi connectivity index (χ3v) is 6.00. The molecule has 2 aromatic rings. The van der Waals surface area contributed by atoms with Crippen LogP contribution in [0.15, 0.2) is 42.5 Å². The number of rotatable bonds is 7. The summed E-state index contributed by atoms with van der Waals surface area (Å²) in [6.45, 7) is 7.78. The summed E-state index contributed by atoms with van der Waals surface area (Å²) in [6.07, 6.45) is 3.86. The van der Waals surface area contributed by atoms with Gasteiger partial charge in [0, 0.05) is 24.0 Å². The van der Waals surface area contributed by atoms with E-state index in [1.54, 1.807) is 0 Å². The van der Waals surface area contributed by atoms with E-state index < -0.39 is 0 Å². The predicted octanol–water partition coefficient (Wildman–Crippen LogP) is 4.99. The summed E-state index contributed by atoms with van der Waals surface area (Å²) >= 11 is 6.08. The van der Waals surface area contributed by atoms with Gasteiger partial charge in [0.25, 0.3) is 0 Å². The van der Waals surface area contributed by atoms with Crippen LogP contribution in [0.1, 0.15) is 48.9 Å². The SMILES string of the molecule is CCc1ccc(CC)c(CNC(=O)C2CCN(Cc3cccc(Cl)c3)CC2)c1. The lowest BCUT2D eigenvalue weighted by atomic mass is 9.95. The molecule has 4 heteroatoms. The summed E-state index contributed by atoms with van der Waals surface area (Å²) in [6, 6.07) is 14.7. The second kappa shape index (κ2) is 10.1. The normalized spacial score (nSPS) is 15.5. The maximum absolute atomic E-state index is 12.7. The second-order valence-corrected chi connectivity index (χ2v) is 8.14. The number of nitrogens with zero attached hydrogens (tertiary/aromatic N) is 1. The zero-order chi connectivity index (χ0) is 19.9. The van der Waals surface area contributed by atoms with Crippen LogP contribution in [0.4, 0.5) is 0 Å². The molecule has 2 aromatic carbocycles. The first kappa shape index (κ1) is 20.9. The van der Waals surface area contributed by atoms with Gasteiger partial charge in [0.15, 0.2) is 0 Å². The van der Waals surface area contributed by atoms with Gasteiger partial charge in [-0.05, 0) is 73.2 Å². The van der Waals surface area contributed by atoms with Crippen LogP contribution in [-0.2, 0) is 30.7 Å². The number of aryl methyl sites for hydroxylation is 2. The number of amides is 1. The Hall–Kier alpha value is -1.84. The fraction of sp³-hybridized carbons (Fsp3) is 0.458. The fourth-order valence-electron chi connectivity index (χ4n) is 3.98. The zero-order valence-corrected chi connectivity index (χ0v) is 17.8. The van der Waals surface area contributed by atoms with E-state index in [0.717, 1.165) is 50.3 Å². The van der Waals surface area contributed by atoms with Crippen molar-refractivity contribution >= 4 is 17.5 Å². The Bertz CT molecular complexity index is 797. The van der Waals surface area contributed by atoms with Gasteiger partial charge in [-0.25, -0.2) is 0 Å². The van der Waals surface area contributed by atoms with E-state index in [4.69, 9.17) is 11.6 Å². The summed E-state index contributed by atoms with van der Waals surface area (Å²) in [4.78, 5) is 15.1. The molecule has 1 N–H and O–H groups in total. The molecule has 0 aliphatic carbocycles. The van der Waals surface area contributed by atoms with E-state index in [-0.39, 0.29) is 11.8 Å². The predicted molar refractivity (Wildman–Crippen MR) is 116 cm³/mol. The molecule has 0 aromatic heterocycles. The van der Waals surface area contributed by atoms with Crippen molar-refractivity contribution in [3.8, 4) is 0 Å². The first-order valence-corrected chi connectivity index (χ1v) is 10.8. The van der Waals surface area contributed by atoms with E-state index in [1.165, 1.54) is 22.3 Å². The van der Waals surface area contributed by atoms with Crippen LogP contribution in [0.3, 0.4) is 0 Å². The van der Waals surface area contributed by atoms with Crippen LogP contribution >= 0.6 is 11.6 Å². The minimum absolute atomic E-state index is 0.120. The molecule has 0 atom stereocenters. The Labute approximate surface area is 174 Å². The number of hydrogen-bond donors (Lipinski definition) is 1. The first-order valence-electron chi connectivity index (χ1n) is 10.4. The number of nitrogens with one attached hydrogen (secondary N) is 1. The molecule has 1 aliphatic heterocycles. The van der Waals surface area contributed by atoms with Crippen molar-refractivity contribution in [2.45, 2.75) is 52.6 Å². The Morgan fingerprint density at radius 3 is 2.50 bits per heavy atom. The van der Waals surface area contributed by atoms with Crippen LogP contribution in [0, 0.1) is 5.92 Å². The molecular weight excluding hydrogens is 368 g/mol. The van der Waals surface area contributed by atoms with Crippen molar-refractivity contribution in [2.75, 3.05) is 13.1 Å². The number of piperidine rings is 1. The average molecular weight is 399 g/mol. The molecule has 28 heavy (non-hydrogen) atoms. The van der Waals surface area contributed by atoms with Gasteiger partial charge in [-0.2, -0.15) is 0 Å². The highest BCUT2D eigenvalue weighted by Gasteiger charge is 2.25. The lowest BCUT2D eigenvalue weighted by Crippen LogP contribution is -2.40. The third kappa shape index (κ3) is 5.59. The van der Waals surface area contributed by atoms with Gasteiger partial charge >= 0.3 is 0 Å². The van der Waals surface area contributed by atoms with Gasteiger partial charge in [0.2, 0.25) is 5.91 Å². The summed E-state index contributed by atoms with van der Waals surface area (Å²) < 4.78 is 0. The fourth-order valence-corrected chi connectivity index (χ4v) is 4.20. The number of hydrogen-bond acceptors (Lipinski definition) is 2. The van der Waals surface area contributed by atoms with Crippen LogP contribution in [0.5, 0.6) is 0 Å². The third-order valence-electron chi connectivity index (χ3n) is 5.77. The van der Waals surface area contributed by atoms with Crippen molar-refractivity contribution in [1.29, 1.82) is 0 Å². The molecule has 0 radical (unpaired) electrons. The zero-order valence-electron chi connectivity index (χ0n) is 17.0. The number of carbonyl (C=O) groups excluding carboxylic acids is 1. The van der Waals surface area contributed by atoms with Crippen LogP contribution < -0.4 is 5.32 Å². The Kier molecular flexibility index (Phi) is 7.52. The summed E-state index contributed by atoms with van der Waals surface area (Å²) in [7, 11) is 0. The summed E-state index contributed by atoms with van der Waals surface area (Å²) in [5.74, 6) is 0.321. The van der Waals surface area contributed by atoms with Crippen molar-refractivity contribution in [1.82, 2.24) is 10.2 Å². The Morgan fingerprint density at radius 1 is 1.04 bits per heavy atom. The van der Waals surface area contributed by atoms with Gasteiger partial charge in [-0.3, -0.25) is 9.69 Å². The summed E-state index contributed by atoms with van der Waals surface area (Å²) in [5.41, 5.74) is 5.15. The van der Waals surface area contributed by atoms with E-state index in [9.17, 15) is 4.79 Å². The molecule has 1 fully saturated rings. The highest BCUT2D eigenvalue weighted by atomic mass is 35.5. The molecule has 3 rings (SSSR count). The maximum atomic E-state index is 12.7. The van der Waals surface area contributed by atoms with Gasteiger partial charge in [-0.1, -0.05) is 55.8 Å². The minimum atomic E-state index is 0.120. The number of likely N-dealkylation sites (tertiary alicyclic amines) is 1. The van der Waals surface area contributed by atoms with Crippen molar-refractivity contribution < 1.29 is 4.79 Å². The highest BCUT2D eigenvalue weighted by Crippen LogP contribution is 2.21. The lowest BCUT2D eigenvalue weighted by Gasteiger charge is -2.31. The van der Waals surface area contributed by atoms with Crippen molar-refractivity contribution in [3.63, 3.8) is 0 Å². The van der Waals surface area contributed by atoms with Crippen LogP contribution in [0.25, 0.3) is 0 Å². The maximum Gasteiger partial charge on any atom is 0.223 e. The number of halogens is 1. The Balaban J connectivity index is 1.49. The topological polar surface area (TPSA) is 32.3 Å². The minimum Gasteiger partial charge on any atom is -0.352 e. The second-order valence-electron chi connectivity index (χ2n) is 7.71. The van der Waals surface area contributed by atoms with E-state index in [1.807, 2.05) is 18.2 Å². The molecule has 1 saturated heterocycles. The molecule has 0 unspecified atom stereocenters. The number of carbonyl (C=O) groups is 1. The highest BCUT2D eigenvalue weighted by molar-refractivity contribution is 6.30. The smallest absolute Gasteiger partial charge is 0.223 e. The quantitative estimate of drug-likeness (QED) is 0.712. The van der Waals surface area contributed by atoms with Gasteiger partial charge in [0.1, 0.15) is 0 Å². The monoisotopic (exact) mass is 398 g/mol. The van der Waals surface area contributed by atoms with Crippen LogP contribution in [0.2, 0.25) is 5.02 Å². The van der Waals surface area contributed by atoms with Gasteiger partial charge < -0.3 is 5.32 Å². The van der Waals surface area contributed by atoms with E-state index in [0.29, 0.717) is 6.54 Å². The molecule has 3 nitrogen and oxygen atoms in total. The largest absolute Gasteiger partial charge is 0.352 e. The lowest BCUT2D eigenvalue weighted by molar-refractivity contribution is -0.126. The standard InChI is InChI=1S/C24H31ClN2O/c1-3-18-8-9-20(4-2)22(14-18)16-26-24(28)21-10-12-27(13-11-21)17-19-6-5-7-23(25)15-19/h5-9,14-15,21H,3-4,10-13,16-17H2,1-2H3,(H,26,28). The first-order chi connectivity index (χ1) is 13.6. The molecule has 0 bridgehead atoms. The molecule has 0 saturated carbocycles. The van der Waals surface area contributed by atoms with E-state index in [2.05, 4.69) is 48.3 Å². The molecule has 1 amide bonds. The average Bonchev–Trinajstić information content (AvgIpc) is 2.72. The van der Waals surface area contributed by atoms with E-state index >= 15 is 0 Å². The summed E-state index contributed by atoms with van der Waals surface area (Å²) in [5, 5.41) is 3.97. The Morgan fingerprint density at radius 2 is 1.82 bits per heavy atom. The van der Waals surface area contributed by atoms with Crippen molar-refractivity contribution in [2.24, 2.45) is 5.92 Å². The molecule has 150 valence electrons. The molecular formula is C24H31ClN2O. The van der Waals surface area contributed by atoms with Crippen LogP contribution in [-0.4, -0.2) is 23.9 Å². The van der Waals surface area contributed by atoms with Gasteiger partial charge in [0.05, 0.1) is 0 Å². The van der Waals surface area contributed by atoms with Crippen molar-refractivity contribution in [3.05, 3.63) is 69.7 Å². The molecule has 1 aliphatic rings. The molecule has 1 heterocycles. The molecule has 0 spiro atoms. The van der Waals surface area contributed by atoms with Gasteiger partial charge in [-0.15, -0.1) is 0 Å².